The van der Waals surface area contributed by atoms with Crippen molar-refractivity contribution >= 4 is 51.3 Å². The molecule has 8 nitrogen and oxygen atoms in total. The van der Waals surface area contributed by atoms with Gasteiger partial charge in [-0.05, 0) is 67.3 Å². The quantitative estimate of drug-likeness (QED) is 0.180. The fraction of sp³-hybridized carbons (Fsp3) is 0.286. The van der Waals surface area contributed by atoms with Crippen molar-refractivity contribution < 1.29 is 18.0 Å². The van der Waals surface area contributed by atoms with Crippen molar-refractivity contribution in [2.75, 3.05) is 12.0 Å². The van der Waals surface area contributed by atoms with Gasteiger partial charge in [0, 0.05) is 23.2 Å². The maximum absolute atomic E-state index is 14.5. The summed E-state index contributed by atoms with van der Waals surface area (Å²) in [4.78, 5) is 40.3. The predicted octanol–water partition coefficient (Wildman–Crippen LogP) is 6.44. The van der Waals surface area contributed by atoms with Gasteiger partial charge in [0.25, 0.3) is 11.5 Å². The molecule has 1 atom stereocenters. The Kier molecular flexibility index (Phi) is 8.14. The number of fused-ring (bicyclic) bond motifs is 2. The predicted molar refractivity (Wildman–Crippen MR) is 155 cm³/mol. The third-order valence-corrected chi connectivity index (χ3v) is 7.52. The number of rotatable bonds is 9. The number of carbonyl (C=O) groups excluding carboxylic acids is 1. The van der Waals surface area contributed by atoms with Crippen molar-refractivity contribution in [2.24, 2.45) is 0 Å². The number of benzene rings is 2. The van der Waals surface area contributed by atoms with Crippen LogP contribution in [0.3, 0.4) is 0 Å². The number of amides is 1. The van der Waals surface area contributed by atoms with Crippen LogP contribution in [0.15, 0.2) is 53.5 Å². The molecule has 0 fully saturated rings. The number of H-pyrrole nitrogens is 2. The third kappa shape index (κ3) is 5.84. The van der Waals surface area contributed by atoms with E-state index in [4.69, 9.17) is 11.6 Å². The number of thioether (sulfide) groups is 1. The van der Waals surface area contributed by atoms with E-state index >= 15 is 0 Å². The largest absolute Gasteiger partial charge is 0.418 e. The average molecular weight is 603 g/mol. The lowest BCUT2D eigenvalue weighted by Gasteiger charge is -2.19. The molecule has 0 bridgehead atoms. The lowest BCUT2D eigenvalue weighted by Crippen LogP contribution is -2.30. The first-order valence-electron chi connectivity index (χ1n) is 12.9. The van der Waals surface area contributed by atoms with E-state index in [9.17, 15) is 22.8 Å². The molecule has 2 aromatic carbocycles. The lowest BCUT2D eigenvalue weighted by atomic mass is 10.1. The first-order valence-corrected chi connectivity index (χ1v) is 14.6. The molecule has 0 aliphatic carbocycles. The van der Waals surface area contributed by atoms with Crippen molar-refractivity contribution in [1.29, 1.82) is 0 Å². The van der Waals surface area contributed by atoms with Gasteiger partial charge < -0.3 is 15.3 Å². The van der Waals surface area contributed by atoms with Crippen LogP contribution in [-0.4, -0.2) is 42.4 Å². The van der Waals surface area contributed by atoms with Crippen molar-refractivity contribution in [3.05, 3.63) is 86.8 Å². The molecular weight excluding hydrogens is 577 g/mol. The zero-order valence-corrected chi connectivity index (χ0v) is 23.7. The Bertz CT molecular complexity index is 1800. The van der Waals surface area contributed by atoms with Gasteiger partial charge in [0.1, 0.15) is 11.6 Å². The highest BCUT2D eigenvalue weighted by atomic mass is 35.5. The van der Waals surface area contributed by atoms with E-state index in [1.54, 1.807) is 30.0 Å². The zero-order chi connectivity index (χ0) is 29.3. The van der Waals surface area contributed by atoms with E-state index in [1.165, 1.54) is 29.0 Å². The normalized spacial score (nSPS) is 12.7. The number of halogens is 4. The molecule has 214 valence electrons. The molecule has 13 heteroatoms. The van der Waals surface area contributed by atoms with E-state index < -0.39 is 29.2 Å². The highest BCUT2D eigenvalue weighted by molar-refractivity contribution is 7.98. The third-order valence-electron chi connectivity index (χ3n) is 6.64. The second-order valence-electron chi connectivity index (χ2n) is 9.47. The second-order valence-corrected chi connectivity index (χ2v) is 10.9. The van der Waals surface area contributed by atoms with Gasteiger partial charge in [-0.15, -0.1) is 0 Å². The van der Waals surface area contributed by atoms with Crippen LogP contribution in [0.25, 0.3) is 27.8 Å². The van der Waals surface area contributed by atoms with Crippen LogP contribution in [-0.2, 0) is 12.6 Å². The molecule has 1 unspecified atom stereocenters. The van der Waals surface area contributed by atoms with Crippen LogP contribution < -0.4 is 10.9 Å². The number of aryl methyl sites for hydroxylation is 1. The van der Waals surface area contributed by atoms with E-state index in [2.05, 4.69) is 25.3 Å². The number of alkyl halides is 3. The van der Waals surface area contributed by atoms with Crippen LogP contribution in [0.5, 0.6) is 0 Å². The standard InChI is InChI=1S/C28H26ClF3N6O2S/c1-3-4-23-37-24-22(9-11-33-27(24)40)38(23)21-8-5-15(13-17(21)28(30,31)32)26(39)36-19(10-12-41-2)25-34-18-7-6-16(29)14-20(18)35-25/h5-9,11,13-14,19H,3-4,10,12H2,1-2H3,(H,33,40)(H,34,35)(H,36,39). The summed E-state index contributed by atoms with van der Waals surface area (Å²) >= 11 is 7.66. The fourth-order valence-electron chi connectivity index (χ4n) is 4.75. The Labute approximate surface area is 241 Å². The minimum Gasteiger partial charge on any atom is -0.342 e. The number of hydrogen-bond donors (Lipinski definition) is 3. The summed E-state index contributed by atoms with van der Waals surface area (Å²) in [5, 5.41) is 3.37. The van der Waals surface area contributed by atoms with Gasteiger partial charge in [-0.25, -0.2) is 9.97 Å². The lowest BCUT2D eigenvalue weighted by molar-refractivity contribution is -0.137. The Balaban J connectivity index is 1.55. The number of aromatic nitrogens is 5. The number of aromatic amines is 2. The zero-order valence-electron chi connectivity index (χ0n) is 22.1. The van der Waals surface area contributed by atoms with Gasteiger partial charge in [-0.3, -0.25) is 14.2 Å². The van der Waals surface area contributed by atoms with Crippen LogP contribution in [0.4, 0.5) is 13.2 Å². The summed E-state index contributed by atoms with van der Waals surface area (Å²) in [6, 6.07) is 9.54. The number of hydrogen-bond acceptors (Lipinski definition) is 5. The number of pyridine rings is 1. The summed E-state index contributed by atoms with van der Waals surface area (Å²) in [5.41, 5.74) is -0.225. The maximum atomic E-state index is 14.5. The summed E-state index contributed by atoms with van der Waals surface area (Å²) in [6.45, 7) is 1.87. The number of carbonyl (C=O) groups is 1. The van der Waals surface area contributed by atoms with Crippen molar-refractivity contribution in [2.45, 2.75) is 38.4 Å². The molecule has 0 aliphatic rings. The molecule has 0 aliphatic heterocycles. The molecule has 3 heterocycles. The van der Waals surface area contributed by atoms with Gasteiger partial charge in [-0.1, -0.05) is 18.5 Å². The Morgan fingerprint density at radius 3 is 2.71 bits per heavy atom. The Hall–Kier alpha value is -3.77. The van der Waals surface area contributed by atoms with Gasteiger partial charge in [0.15, 0.2) is 5.52 Å². The van der Waals surface area contributed by atoms with Crippen LogP contribution >= 0.6 is 23.4 Å². The molecule has 5 rings (SSSR count). The molecular formula is C28H26ClF3N6O2S. The summed E-state index contributed by atoms with van der Waals surface area (Å²) in [7, 11) is 0. The average Bonchev–Trinajstić information content (AvgIpc) is 3.52. The molecule has 41 heavy (non-hydrogen) atoms. The van der Waals surface area contributed by atoms with Gasteiger partial charge in [0.2, 0.25) is 0 Å². The monoisotopic (exact) mass is 602 g/mol. The van der Waals surface area contributed by atoms with Gasteiger partial charge >= 0.3 is 6.18 Å². The summed E-state index contributed by atoms with van der Waals surface area (Å²) in [5.74, 6) is 0.815. The van der Waals surface area contributed by atoms with E-state index in [0.717, 1.165) is 6.07 Å². The van der Waals surface area contributed by atoms with Crippen LogP contribution in [0.2, 0.25) is 5.02 Å². The number of nitrogens with zero attached hydrogens (tertiary/aromatic N) is 3. The van der Waals surface area contributed by atoms with Crippen LogP contribution in [0.1, 0.15) is 53.4 Å². The fourth-order valence-corrected chi connectivity index (χ4v) is 5.39. The molecule has 5 aromatic rings. The number of nitrogens with one attached hydrogen (secondary N) is 3. The molecule has 0 radical (unpaired) electrons. The molecule has 0 saturated carbocycles. The summed E-state index contributed by atoms with van der Waals surface area (Å²) < 4.78 is 44.7. The second kappa shape index (κ2) is 11.6. The van der Waals surface area contributed by atoms with Crippen molar-refractivity contribution in [3.8, 4) is 5.69 Å². The van der Waals surface area contributed by atoms with Gasteiger partial charge in [0.05, 0.1) is 33.8 Å². The molecule has 0 spiro atoms. The molecule has 1 amide bonds. The molecule has 3 N–H and O–H groups in total. The van der Waals surface area contributed by atoms with Crippen molar-refractivity contribution in [3.63, 3.8) is 0 Å². The Morgan fingerprint density at radius 1 is 1.17 bits per heavy atom. The first-order chi connectivity index (χ1) is 19.6. The minimum atomic E-state index is -4.79. The summed E-state index contributed by atoms with van der Waals surface area (Å²) in [6.07, 6.45) is -0.0355. The van der Waals surface area contributed by atoms with E-state index in [1.807, 2.05) is 13.2 Å². The van der Waals surface area contributed by atoms with Gasteiger partial charge in [-0.2, -0.15) is 24.9 Å². The first kappa shape index (κ1) is 28.7. The van der Waals surface area contributed by atoms with Crippen LogP contribution in [0, 0.1) is 0 Å². The maximum Gasteiger partial charge on any atom is 0.418 e. The number of imidazole rings is 2. The van der Waals surface area contributed by atoms with E-state index in [-0.39, 0.29) is 22.3 Å². The highest BCUT2D eigenvalue weighted by Crippen LogP contribution is 2.36. The molecule has 3 aromatic heterocycles. The Morgan fingerprint density at radius 2 is 1.98 bits per heavy atom. The smallest absolute Gasteiger partial charge is 0.342 e. The SMILES string of the molecule is CCCc1nc2c(=O)[nH]ccc2n1-c1ccc(C(=O)NC(CCSC)c2nc3ccc(Cl)cc3[nH]2)cc1C(F)(F)F. The molecule has 0 saturated heterocycles. The van der Waals surface area contributed by atoms with Crippen molar-refractivity contribution in [1.82, 2.24) is 29.8 Å². The van der Waals surface area contributed by atoms with E-state index in [0.29, 0.717) is 52.7 Å². The highest BCUT2D eigenvalue weighted by Gasteiger charge is 2.36. The topological polar surface area (TPSA) is 108 Å². The minimum absolute atomic E-state index is 0.0506.